The van der Waals surface area contributed by atoms with Gasteiger partial charge in [0.2, 0.25) is 10.0 Å². The van der Waals surface area contributed by atoms with Crippen LogP contribution in [-0.4, -0.2) is 34.2 Å². The summed E-state index contributed by atoms with van der Waals surface area (Å²) in [5, 5.41) is 3.30. The minimum atomic E-state index is -3.51. The number of rotatable bonds is 4. The fourth-order valence-electron chi connectivity index (χ4n) is 2.86. The molecule has 1 aromatic rings. The summed E-state index contributed by atoms with van der Waals surface area (Å²) in [6.07, 6.45) is 1.85. The molecule has 2 atom stereocenters. The van der Waals surface area contributed by atoms with Gasteiger partial charge in [-0.3, -0.25) is 0 Å². The molecule has 0 spiro atoms. The van der Waals surface area contributed by atoms with E-state index in [1.54, 1.807) is 19.2 Å². The molecule has 0 saturated carbocycles. The van der Waals surface area contributed by atoms with E-state index < -0.39 is 10.0 Å². The third-order valence-corrected chi connectivity index (χ3v) is 5.49. The van der Waals surface area contributed by atoms with E-state index in [-0.39, 0.29) is 12.1 Å². The first kappa shape index (κ1) is 16.3. The second kappa shape index (κ2) is 6.34. The van der Waals surface area contributed by atoms with Gasteiger partial charge in [-0.25, -0.2) is 13.1 Å². The van der Waals surface area contributed by atoms with Crippen LogP contribution >= 0.6 is 0 Å². The largest absolute Gasteiger partial charge is 0.496 e. The number of benzene rings is 1. The van der Waals surface area contributed by atoms with Gasteiger partial charge in [0.05, 0.1) is 12.0 Å². The van der Waals surface area contributed by atoms with Gasteiger partial charge in [0, 0.05) is 12.1 Å². The Labute approximate surface area is 127 Å². The molecule has 2 rings (SSSR count). The van der Waals surface area contributed by atoms with E-state index in [1.165, 1.54) is 0 Å². The van der Waals surface area contributed by atoms with Gasteiger partial charge >= 0.3 is 0 Å². The van der Waals surface area contributed by atoms with Crippen LogP contribution in [0.25, 0.3) is 0 Å². The summed E-state index contributed by atoms with van der Waals surface area (Å²) in [5.74, 6) is 0.738. The first-order valence-electron chi connectivity index (χ1n) is 7.26. The fourth-order valence-corrected chi connectivity index (χ4v) is 4.38. The van der Waals surface area contributed by atoms with Gasteiger partial charge in [-0.2, -0.15) is 0 Å². The maximum absolute atomic E-state index is 12.6. The number of sulfonamides is 1. The molecular formula is C15H24N2O3S. The molecule has 0 radical (unpaired) electrons. The van der Waals surface area contributed by atoms with Crippen molar-refractivity contribution in [2.45, 2.75) is 50.6 Å². The summed E-state index contributed by atoms with van der Waals surface area (Å²) in [6.45, 7) is 6.67. The Kier molecular flexibility index (Phi) is 4.91. The summed E-state index contributed by atoms with van der Waals surface area (Å²) in [6, 6.07) is 3.41. The Hall–Kier alpha value is -1.11. The number of aryl methyl sites for hydroxylation is 2. The zero-order chi connectivity index (χ0) is 15.6. The van der Waals surface area contributed by atoms with E-state index >= 15 is 0 Å². The van der Waals surface area contributed by atoms with Crippen molar-refractivity contribution in [3.05, 3.63) is 23.3 Å². The lowest BCUT2D eigenvalue weighted by Crippen LogP contribution is -2.51. The second-order valence-corrected chi connectivity index (χ2v) is 7.42. The van der Waals surface area contributed by atoms with Crippen LogP contribution in [0.5, 0.6) is 5.75 Å². The minimum absolute atomic E-state index is 0.0635. The lowest BCUT2D eigenvalue weighted by molar-refractivity contribution is 0.348. The molecule has 0 aliphatic carbocycles. The van der Waals surface area contributed by atoms with Crippen LogP contribution in [0.3, 0.4) is 0 Å². The summed E-state index contributed by atoms with van der Waals surface area (Å²) >= 11 is 0. The number of nitrogens with one attached hydrogen (secondary N) is 2. The average Bonchev–Trinajstić information content (AvgIpc) is 2.41. The SMILES string of the molecule is COc1c(C)cc(S(=O)(=O)NC2CCCNC2C)cc1C. The Balaban J connectivity index is 2.27. The van der Waals surface area contributed by atoms with Crippen LogP contribution in [0.1, 0.15) is 30.9 Å². The molecule has 0 amide bonds. The predicted molar refractivity (Wildman–Crippen MR) is 83.3 cm³/mol. The molecule has 2 N–H and O–H groups in total. The van der Waals surface area contributed by atoms with E-state index in [9.17, 15) is 8.42 Å². The number of methoxy groups -OCH3 is 1. The molecule has 21 heavy (non-hydrogen) atoms. The molecule has 2 unspecified atom stereocenters. The zero-order valence-corrected chi connectivity index (χ0v) is 13.9. The molecule has 1 saturated heterocycles. The smallest absolute Gasteiger partial charge is 0.240 e. The molecule has 1 aliphatic heterocycles. The highest BCUT2D eigenvalue weighted by Gasteiger charge is 2.27. The molecule has 1 aliphatic rings. The first-order chi connectivity index (χ1) is 9.85. The Bertz CT molecular complexity index is 590. The molecule has 118 valence electrons. The van der Waals surface area contributed by atoms with Crippen LogP contribution in [0.4, 0.5) is 0 Å². The second-order valence-electron chi connectivity index (χ2n) is 5.70. The van der Waals surface area contributed by atoms with E-state index in [0.29, 0.717) is 4.90 Å². The number of ether oxygens (including phenoxy) is 1. The monoisotopic (exact) mass is 312 g/mol. The summed E-state index contributed by atoms with van der Waals surface area (Å²) in [5.41, 5.74) is 1.65. The molecule has 1 heterocycles. The Morgan fingerprint density at radius 2 is 1.90 bits per heavy atom. The minimum Gasteiger partial charge on any atom is -0.496 e. The zero-order valence-electron chi connectivity index (χ0n) is 13.1. The van der Waals surface area contributed by atoms with Crippen LogP contribution in [0.15, 0.2) is 17.0 Å². The maximum atomic E-state index is 12.6. The third kappa shape index (κ3) is 3.56. The molecule has 1 aromatic carbocycles. The van der Waals surface area contributed by atoms with Crippen molar-refractivity contribution >= 4 is 10.0 Å². The van der Waals surface area contributed by atoms with Gasteiger partial charge in [0.1, 0.15) is 5.75 Å². The first-order valence-corrected chi connectivity index (χ1v) is 8.74. The van der Waals surface area contributed by atoms with Gasteiger partial charge in [-0.05, 0) is 63.4 Å². The molecule has 6 heteroatoms. The van der Waals surface area contributed by atoms with E-state index in [2.05, 4.69) is 10.0 Å². The van der Waals surface area contributed by atoms with Gasteiger partial charge in [0.25, 0.3) is 0 Å². The highest BCUT2D eigenvalue weighted by Crippen LogP contribution is 2.26. The molecular weight excluding hydrogens is 288 g/mol. The van der Waals surface area contributed by atoms with Crippen LogP contribution < -0.4 is 14.8 Å². The summed E-state index contributed by atoms with van der Waals surface area (Å²) in [4.78, 5) is 0.302. The predicted octanol–water partition coefficient (Wildman–Crippen LogP) is 1.73. The Morgan fingerprint density at radius 1 is 1.29 bits per heavy atom. The number of piperidine rings is 1. The molecule has 0 bridgehead atoms. The van der Waals surface area contributed by atoms with Crippen LogP contribution in [-0.2, 0) is 10.0 Å². The maximum Gasteiger partial charge on any atom is 0.240 e. The van der Waals surface area contributed by atoms with Crippen molar-refractivity contribution < 1.29 is 13.2 Å². The highest BCUT2D eigenvalue weighted by atomic mass is 32.2. The molecule has 0 aromatic heterocycles. The van der Waals surface area contributed by atoms with Crippen molar-refractivity contribution in [1.82, 2.24) is 10.0 Å². The fraction of sp³-hybridized carbons (Fsp3) is 0.600. The van der Waals surface area contributed by atoms with E-state index in [0.717, 1.165) is 36.3 Å². The topological polar surface area (TPSA) is 67.4 Å². The van der Waals surface area contributed by atoms with Crippen molar-refractivity contribution in [3.63, 3.8) is 0 Å². The summed E-state index contributed by atoms with van der Waals surface area (Å²) in [7, 11) is -1.91. The van der Waals surface area contributed by atoms with Gasteiger partial charge < -0.3 is 10.1 Å². The number of hydrogen-bond acceptors (Lipinski definition) is 4. The number of hydrogen-bond donors (Lipinski definition) is 2. The van der Waals surface area contributed by atoms with Gasteiger partial charge in [-0.15, -0.1) is 0 Å². The van der Waals surface area contributed by atoms with E-state index in [4.69, 9.17) is 4.74 Å². The normalized spacial score (nSPS) is 23.0. The van der Waals surface area contributed by atoms with Crippen molar-refractivity contribution in [2.75, 3.05) is 13.7 Å². The average molecular weight is 312 g/mol. The Morgan fingerprint density at radius 3 is 2.43 bits per heavy atom. The van der Waals surface area contributed by atoms with Crippen LogP contribution in [0, 0.1) is 13.8 Å². The third-order valence-electron chi connectivity index (χ3n) is 4.02. The lowest BCUT2D eigenvalue weighted by atomic mass is 10.0. The quantitative estimate of drug-likeness (QED) is 0.888. The van der Waals surface area contributed by atoms with E-state index in [1.807, 2.05) is 20.8 Å². The van der Waals surface area contributed by atoms with Gasteiger partial charge in [-0.1, -0.05) is 0 Å². The molecule has 5 nitrogen and oxygen atoms in total. The van der Waals surface area contributed by atoms with Gasteiger partial charge in [0.15, 0.2) is 0 Å². The summed E-state index contributed by atoms with van der Waals surface area (Å²) < 4.78 is 33.2. The van der Waals surface area contributed by atoms with Crippen molar-refractivity contribution in [3.8, 4) is 5.75 Å². The highest BCUT2D eigenvalue weighted by molar-refractivity contribution is 7.89. The lowest BCUT2D eigenvalue weighted by Gasteiger charge is -2.30. The molecule has 1 fully saturated rings. The van der Waals surface area contributed by atoms with Crippen LogP contribution in [0.2, 0.25) is 0 Å². The van der Waals surface area contributed by atoms with Crippen molar-refractivity contribution in [2.24, 2.45) is 0 Å². The van der Waals surface area contributed by atoms with Crippen molar-refractivity contribution in [1.29, 1.82) is 0 Å². The standard InChI is InChI=1S/C15H24N2O3S/c1-10-8-13(9-11(2)15(10)20-4)21(18,19)17-14-6-5-7-16-12(14)3/h8-9,12,14,16-17H,5-7H2,1-4H3.